The molecule has 14 heavy (non-hydrogen) atoms. The molecule has 68 valence electrons. The minimum absolute atomic E-state index is 0.300. The van der Waals surface area contributed by atoms with E-state index in [9.17, 15) is 0 Å². The van der Waals surface area contributed by atoms with Crippen LogP contribution in [0.4, 0.5) is 0 Å². The first kappa shape index (κ1) is 8.52. The van der Waals surface area contributed by atoms with E-state index in [0.29, 0.717) is 5.82 Å². The maximum absolute atomic E-state index is 9.04. The number of nitrogens with one attached hydrogen (secondary N) is 1. The molecule has 0 fully saturated rings. The van der Waals surface area contributed by atoms with E-state index < -0.39 is 0 Å². The Kier molecular flexibility index (Phi) is 2.28. The normalized spacial score (nSPS) is 11.9. The molecule has 1 aromatic carbocycles. The lowest BCUT2D eigenvalue weighted by Gasteiger charge is -2.05. The summed E-state index contributed by atoms with van der Waals surface area (Å²) in [6.07, 6.45) is 3.38. The van der Waals surface area contributed by atoms with Gasteiger partial charge in [-0.2, -0.15) is 5.26 Å². The van der Waals surface area contributed by atoms with Crippen molar-refractivity contribution in [2.45, 2.75) is 5.92 Å². The highest BCUT2D eigenvalue weighted by molar-refractivity contribution is 5.31. The van der Waals surface area contributed by atoms with Gasteiger partial charge in [0.15, 0.2) is 0 Å². The number of aromatic amines is 1. The predicted molar refractivity (Wildman–Crippen MR) is 52.5 cm³/mol. The maximum atomic E-state index is 9.04. The third kappa shape index (κ3) is 1.50. The molecule has 2 rings (SSSR count). The van der Waals surface area contributed by atoms with Crippen molar-refractivity contribution in [1.82, 2.24) is 9.97 Å². The number of benzene rings is 1. The second-order valence-corrected chi connectivity index (χ2v) is 2.95. The van der Waals surface area contributed by atoms with Crippen LogP contribution in [0.15, 0.2) is 42.7 Å². The summed E-state index contributed by atoms with van der Waals surface area (Å²) < 4.78 is 0. The van der Waals surface area contributed by atoms with Crippen LogP contribution in [0.1, 0.15) is 17.3 Å². The van der Waals surface area contributed by atoms with E-state index >= 15 is 0 Å². The number of H-pyrrole nitrogens is 1. The van der Waals surface area contributed by atoms with Crippen LogP contribution in [0.25, 0.3) is 0 Å². The molecule has 0 aliphatic carbocycles. The lowest BCUT2D eigenvalue weighted by Crippen LogP contribution is -1.99. The fourth-order valence-electron chi connectivity index (χ4n) is 1.37. The average molecular weight is 183 g/mol. The molecule has 1 N–H and O–H groups in total. The van der Waals surface area contributed by atoms with Crippen molar-refractivity contribution < 1.29 is 0 Å². The van der Waals surface area contributed by atoms with Crippen LogP contribution in [0.2, 0.25) is 0 Å². The standard InChI is InChI=1S/C11H9N3/c12-8-10(11-13-6-7-14-11)9-4-2-1-3-5-9/h1-7,10H,(H,13,14). The Bertz CT molecular complexity index is 425. The van der Waals surface area contributed by atoms with Crippen molar-refractivity contribution in [3.05, 3.63) is 54.1 Å². The van der Waals surface area contributed by atoms with E-state index in [-0.39, 0.29) is 5.92 Å². The number of imidazole rings is 1. The second-order valence-electron chi connectivity index (χ2n) is 2.95. The van der Waals surface area contributed by atoms with Crippen molar-refractivity contribution in [2.24, 2.45) is 0 Å². The summed E-state index contributed by atoms with van der Waals surface area (Å²) in [5.41, 5.74) is 0.963. The van der Waals surface area contributed by atoms with E-state index in [1.165, 1.54) is 0 Å². The molecule has 0 radical (unpaired) electrons. The fraction of sp³-hybridized carbons (Fsp3) is 0.0909. The molecule has 1 heterocycles. The highest BCUT2D eigenvalue weighted by Crippen LogP contribution is 2.19. The zero-order valence-electron chi connectivity index (χ0n) is 7.51. The monoisotopic (exact) mass is 183 g/mol. The summed E-state index contributed by atoms with van der Waals surface area (Å²) in [7, 11) is 0. The van der Waals surface area contributed by atoms with Gasteiger partial charge in [0.25, 0.3) is 0 Å². The van der Waals surface area contributed by atoms with Crippen LogP contribution in [-0.2, 0) is 0 Å². The van der Waals surface area contributed by atoms with Crippen molar-refractivity contribution in [1.29, 1.82) is 5.26 Å². The quantitative estimate of drug-likeness (QED) is 0.774. The largest absolute Gasteiger partial charge is 0.347 e. The molecular formula is C11H9N3. The molecule has 0 spiro atoms. The Balaban J connectivity index is 2.38. The molecular weight excluding hydrogens is 174 g/mol. The van der Waals surface area contributed by atoms with Gasteiger partial charge in [-0.25, -0.2) is 4.98 Å². The molecule has 1 atom stereocenters. The molecule has 0 saturated carbocycles. The van der Waals surface area contributed by atoms with E-state index in [4.69, 9.17) is 5.26 Å². The molecule has 1 aromatic heterocycles. The van der Waals surface area contributed by atoms with E-state index in [0.717, 1.165) is 5.56 Å². The number of rotatable bonds is 2. The summed E-state index contributed by atoms with van der Waals surface area (Å²) >= 11 is 0. The van der Waals surface area contributed by atoms with Gasteiger partial charge >= 0.3 is 0 Å². The maximum Gasteiger partial charge on any atom is 0.129 e. The molecule has 0 aliphatic rings. The van der Waals surface area contributed by atoms with E-state index in [1.807, 2.05) is 30.3 Å². The number of hydrogen-bond donors (Lipinski definition) is 1. The third-order valence-corrected chi connectivity index (χ3v) is 2.05. The summed E-state index contributed by atoms with van der Waals surface area (Å²) in [5.74, 6) is 0.393. The third-order valence-electron chi connectivity index (χ3n) is 2.05. The smallest absolute Gasteiger partial charge is 0.129 e. The Morgan fingerprint density at radius 3 is 2.64 bits per heavy atom. The highest BCUT2D eigenvalue weighted by Gasteiger charge is 2.14. The molecule has 3 heteroatoms. The van der Waals surface area contributed by atoms with Crippen molar-refractivity contribution in [2.75, 3.05) is 0 Å². The molecule has 0 bridgehead atoms. The molecule has 2 aromatic rings. The fourth-order valence-corrected chi connectivity index (χ4v) is 1.37. The zero-order chi connectivity index (χ0) is 9.80. The highest BCUT2D eigenvalue weighted by atomic mass is 14.9. The van der Waals surface area contributed by atoms with Crippen molar-refractivity contribution >= 4 is 0 Å². The lowest BCUT2D eigenvalue weighted by molar-refractivity contribution is 0.927. The van der Waals surface area contributed by atoms with Crippen LogP contribution in [-0.4, -0.2) is 9.97 Å². The minimum atomic E-state index is -0.300. The Hall–Kier alpha value is -2.08. The molecule has 0 amide bonds. The predicted octanol–water partition coefficient (Wildman–Crippen LogP) is 2.07. The van der Waals surface area contributed by atoms with Crippen LogP contribution in [0, 0.1) is 11.3 Å². The van der Waals surface area contributed by atoms with Crippen molar-refractivity contribution in [3.63, 3.8) is 0 Å². The number of nitrogens with zero attached hydrogens (tertiary/aromatic N) is 2. The summed E-state index contributed by atoms with van der Waals surface area (Å²) in [5, 5.41) is 9.04. The van der Waals surface area contributed by atoms with Crippen molar-refractivity contribution in [3.8, 4) is 6.07 Å². The average Bonchev–Trinajstić information content (AvgIpc) is 2.74. The molecule has 0 saturated heterocycles. The van der Waals surface area contributed by atoms with E-state index in [1.54, 1.807) is 12.4 Å². The lowest BCUT2D eigenvalue weighted by atomic mass is 10.0. The van der Waals surface area contributed by atoms with Gasteiger partial charge in [-0.1, -0.05) is 30.3 Å². The Morgan fingerprint density at radius 1 is 1.29 bits per heavy atom. The van der Waals surface area contributed by atoms with Gasteiger partial charge < -0.3 is 4.98 Å². The second kappa shape index (κ2) is 3.75. The Morgan fingerprint density at radius 2 is 2.07 bits per heavy atom. The SMILES string of the molecule is N#CC(c1ccccc1)c1ncc[nH]1. The Labute approximate surface area is 82.0 Å². The summed E-state index contributed by atoms with van der Waals surface area (Å²) in [6.45, 7) is 0. The summed E-state index contributed by atoms with van der Waals surface area (Å²) in [6, 6.07) is 11.9. The zero-order valence-corrected chi connectivity index (χ0v) is 7.51. The van der Waals surface area contributed by atoms with Gasteiger partial charge in [0.2, 0.25) is 0 Å². The molecule has 1 unspecified atom stereocenters. The molecule has 0 aliphatic heterocycles. The first-order chi connectivity index (χ1) is 6.92. The number of hydrogen-bond acceptors (Lipinski definition) is 2. The topological polar surface area (TPSA) is 52.5 Å². The van der Waals surface area contributed by atoms with Crippen LogP contribution in [0.3, 0.4) is 0 Å². The van der Waals surface area contributed by atoms with Crippen LogP contribution >= 0.6 is 0 Å². The first-order valence-electron chi connectivity index (χ1n) is 4.35. The first-order valence-corrected chi connectivity index (χ1v) is 4.35. The van der Waals surface area contributed by atoms with Gasteiger partial charge in [-0.15, -0.1) is 0 Å². The van der Waals surface area contributed by atoms with Gasteiger partial charge in [0, 0.05) is 12.4 Å². The minimum Gasteiger partial charge on any atom is -0.347 e. The van der Waals surface area contributed by atoms with Gasteiger partial charge in [0.1, 0.15) is 11.7 Å². The van der Waals surface area contributed by atoms with Crippen LogP contribution < -0.4 is 0 Å². The van der Waals surface area contributed by atoms with Gasteiger partial charge in [-0.05, 0) is 5.56 Å². The van der Waals surface area contributed by atoms with Gasteiger partial charge in [0.05, 0.1) is 6.07 Å². The van der Waals surface area contributed by atoms with Gasteiger partial charge in [-0.3, -0.25) is 0 Å². The molecule has 3 nitrogen and oxygen atoms in total. The van der Waals surface area contributed by atoms with Crippen LogP contribution in [0.5, 0.6) is 0 Å². The summed E-state index contributed by atoms with van der Waals surface area (Å²) in [4.78, 5) is 7.04. The number of nitriles is 1. The number of aromatic nitrogens is 2. The van der Waals surface area contributed by atoms with E-state index in [2.05, 4.69) is 16.0 Å².